The van der Waals surface area contributed by atoms with Gasteiger partial charge in [0.2, 0.25) is 5.91 Å². The van der Waals surface area contributed by atoms with E-state index in [4.69, 9.17) is 0 Å². The minimum atomic E-state index is -4.17. The van der Waals surface area contributed by atoms with Crippen molar-refractivity contribution in [3.8, 4) is 0 Å². The zero-order chi connectivity index (χ0) is 23.7. The van der Waals surface area contributed by atoms with Crippen molar-refractivity contribution in [2.24, 2.45) is 0 Å². The van der Waals surface area contributed by atoms with Crippen LogP contribution in [0.4, 0.5) is 0 Å². The third-order valence-electron chi connectivity index (χ3n) is 5.30. The molecule has 0 saturated carbocycles. The van der Waals surface area contributed by atoms with Crippen LogP contribution >= 0.6 is 0 Å². The van der Waals surface area contributed by atoms with Crippen LogP contribution in [0.25, 0.3) is 0 Å². The first-order valence-corrected chi connectivity index (χ1v) is 13.5. The van der Waals surface area contributed by atoms with Gasteiger partial charge in [0.25, 0.3) is 0 Å². The molecule has 1 aromatic heterocycles. The van der Waals surface area contributed by atoms with Crippen molar-refractivity contribution in [3.05, 3.63) is 54.4 Å². The fraction of sp³-hybridized carbons (Fsp3) is 0.600. The molecule has 0 aliphatic rings. The normalized spacial score (nSPS) is 12.1. The first-order valence-electron chi connectivity index (χ1n) is 11.9. The second-order valence-corrected chi connectivity index (χ2v) is 9.63. The lowest BCUT2D eigenvalue weighted by molar-refractivity contribution is -0.696. The summed E-state index contributed by atoms with van der Waals surface area (Å²) in [5, 5.41) is 0. The Morgan fingerprint density at radius 2 is 1.66 bits per heavy atom. The predicted octanol–water partition coefficient (Wildman–Crippen LogP) is 4.51. The van der Waals surface area contributed by atoms with Crippen LogP contribution in [0.1, 0.15) is 77.2 Å². The first kappa shape index (κ1) is 28.0. The van der Waals surface area contributed by atoms with Crippen LogP contribution in [-0.4, -0.2) is 36.1 Å². The number of allylic oxidation sites excluding steroid dienone is 3. The predicted molar refractivity (Wildman–Crippen MR) is 128 cm³/mol. The van der Waals surface area contributed by atoms with Gasteiger partial charge in [-0.15, -0.1) is 0 Å². The fourth-order valence-corrected chi connectivity index (χ4v) is 3.85. The standard InChI is InChI=1S/C25H40N2O4S/c1-3-5-6-7-8-9-10-11-12-13-14-16-25(28)27(4-2)23-24-17-20-26(21-18-24)19-15-22-32(29,30)31/h12-14,16-18,20-21H,3-11,15,19,22-23H2,1-2H3/b13-12+,16-14+. The number of aryl methyl sites for hydroxylation is 1. The topological polar surface area (TPSA) is 81.4 Å². The number of unbranched alkanes of at least 4 members (excludes halogenated alkanes) is 7. The molecule has 0 unspecified atom stereocenters. The van der Waals surface area contributed by atoms with Gasteiger partial charge in [0, 0.05) is 43.5 Å². The van der Waals surface area contributed by atoms with Gasteiger partial charge >= 0.3 is 0 Å². The minimum absolute atomic E-state index is 0.0227. The van der Waals surface area contributed by atoms with E-state index in [2.05, 4.69) is 13.0 Å². The Hall–Kier alpha value is -1.99. The highest BCUT2D eigenvalue weighted by Crippen LogP contribution is 2.09. The summed E-state index contributed by atoms with van der Waals surface area (Å²) >= 11 is 0. The molecule has 6 nitrogen and oxygen atoms in total. The summed E-state index contributed by atoms with van der Waals surface area (Å²) < 4.78 is 33.9. The lowest BCUT2D eigenvalue weighted by atomic mass is 10.1. The molecule has 0 atom stereocenters. The summed E-state index contributed by atoms with van der Waals surface area (Å²) in [7, 11) is -4.17. The van der Waals surface area contributed by atoms with E-state index in [9.17, 15) is 17.8 Å². The number of rotatable bonds is 17. The van der Waals surface area contributed by atoms with Crippen molar-refractivity contribution in [2.45, 2.75) is 84.7 Å². The zero-order valence-corrected chi connectivity index (χ0v) is 20.6. The largest absolute Gasteiger partial charge is 0.748 e. The van der Waals surface area contributed by atoms with E-state index in [-0.39, 0.29) is 18.1 Å². The molecule has 0 spiro atoms. The summed E-state index contributed by atoms with van der Waals surface area (Å²) in [5.41, 5.74) is 0.996. The summed E-state index contributed by atoms with van der Waals surface area (Å²) in [6.45, 7) is 5.78. The van der Waals surface area contributed by atoms with Crippen LogP contribution < -0.4 is 4.57 Å². The van der Waals surface area contributed by atoms with Gasteiger partial charge in [-0.2, -0.15) is 0 Å². The second-order valence-electron chi connectivity index (χ2n) is 8.11. The minimum Gasteiger partial charge on any atom is -0.748 e. The Bertz CT molecular complexity index is 802. The van der Waals surface area contributed by atoms with Gasteiger partial charge in [0.1, 0.15) is 6.54 Å². The molecule has 32 heavy (non-hydrogen) atoms. The summed E-state index contributed by atoms with van der Waals surface area (Å²) in [6.07, 6.45) is 21.6. The molecule has 0 radical (unpaired) electrons. The third kappa shape index (κ3) is 14.1. The zero-order valence-electron chi connectivity index (χ0n) is 19.7. The molecule has 1 amide bonds. The molecule has 0 N–H and O–H groups in total. The third-order valence-corrected chi connectivity index (χ3v) is 6.09. The van der Waals surface area contributed by atoms with E-state index in [1.165, 1.54) is 44.9 Å². The number of carbonyl (C=O) groups excluding carboxylic acids is 1. The van der Waals surface area contributed by atoms with E-state index in [0.717, 1.165) is 12.0 Å². The maximum atomic E-state index is 12.5. The Balaban J connectivity index is 2.34. The van der Waals surface area contributed by atoms with Crippen molar-refractivity contribution >= 4 is 16.0 Å². The maximum Gasteiger partial charge on any atom is 0.246 e. The van der Waals surface area contributed by atoms with Crippen molar-refractivity contribution < 1.29 is 22.3 Å². The molecule has 0 fully saturated rings. The van der Waals surface area contributed by atoms with Crippen LogP contribution in [0.15, 0.2) is 48.8 Å². The number of aromatic nitrogens is 1. The highest BCUT2D eigenvalue weighted by atomic mass is 32.2. The van der Waals surface area contributed by atoms with E-state index in [1.807, 2.05) is 48.2 Å². The monoisotopic (exact) mass is 464 g/mol. The lowest BCUT2D eigenvalue weighted by Crippen LogP contribution is -2.34. The van der Waals surface area contributed by atoms with Crippen LogP contribution in [0.3, 0.4) is 0 Å². The van der Waals surface area contributed by atoms with E-state index >= 15 is 0 Å². The smallest absolute Gasteiger partial charge is 0.246 e. The van der Waals surface area contributed by atoms with Crippen LogP contribution in [0.2, 0.25) is 0 Å². The van der Waals surface area contributed by atoms with Gasteiger partial charge in [-0.05, 0) is 25.3 Å². The van der Waals surface area contributed by atoms with E-state index in [1.54, 1.807) is 11.0 Å². The van der Waals surface area contributed by atoms with Crippen molar-refractivity contribution in [1.82, 2.24) is 4.90 Å². The summed E-state index contributed by atoms with van der Waals surface area (Å²) in [5.74, 6) is -0.384. The number of carbonyl (C=O) groups is 1. The van der Waals surface area contributed by atoms with Crippen molar-refractivity contribution in [3.63, 3.8) is 0 Å². The molecule has 0 bridgehead atoms. The molecule has 0 aliphatic carbocycles. The Morgan fingerprint density at radius 1 is 1.00 bits per heavy atom. The molecule has 1 heterocycles. The average molecular weight is 465 g/mol. The molecule has 7 heteroatoms. The van der Waals surface area contributed by atoms with Gasteiger partial charge < -0.3 is 9.45 Å². The Morgan fingerprint density at radius 3 is 2.28 bits per heavy atom. The van der Waals surface area contributed by atoms with E-state index in [0.29, 0.717) is 19.6 Å². The molecule has 1 rings (SSSR count). The highest BCUT2D eigenvalue weighted by Gasteiger charge is 2.10. The van der Waals surface area contributed by atoms with Crippen molar-refractivity contribution in [2.75, 3.05) is 12.3 Å². The number of nitrogens with zero attached hydrogens (tertiary/aromatic N) is 2. The highest BCUT2D eigenvalue weighted by molar-refractivity contribution is 7.85. The maximum absolute atomic E-state index is 12.5. The van der Waals surface area contributed by atoms with Gasteiger partial charge in [0.05, 0.1) is 10.1 Å². The molecule has 0 aromatic carbocycles. The Kier molecular flexibility index (Phi) is 14.6. The van der Waals surface area contributed by atoms with Crippen LogP contribution in [0, 0.1) is 0 Å². The fourth-order valence-electron chi connectivity index (χ4n) is 3.37. The number of hydrogen-bond donors (Lipinski definition) is 0. The summed E-state index contributed by atoms with van der Waals surface area (Å²) in [6, 6.07) is 3.82. The number of amides is 1. The van der Waals surface area contributed by atoms with Gasteiger partial charge in [-0.25, -0.2) is 13.0 Å². The SMILES string of the molecule is CCCCCCCCC/C=C/C=C/C(=O)N(CC)Cc1cc[n+](CCCS(=O)(=O)[O-])cc1. The van der Waals surface area contributed by atoms with Gasteiger partial charge in [-0.1, -0.05) is 63.7 Å². The lowest BCUT2D eigenvalue weighted by Gasteiger charge is -2.18. The second kappa shape index (κ2) is 16.6. The number of pyridine rings is 1. The molecule has 180 valence electrons. The van der Waals surface area contributed by atoms with Gasteiger partial charge in [-0.3, -0.25) is 4.79 Å². The Labute approximate surface area is 194 Å². The number of likely N-dealkylation sites (N-methyl/N-ethyl adjacent to an activating group) is 1. The van der Waals surface area contributed by atoms with Gasteiger partial charge in [0.15, 0.2) is 12.4 Å². The molecular formula is C25H40N2O4S. The molecule has 0 saturated heterocycles. The van der Waals surface area contributed by atoms with E-state index < -0.39 is 10.1 Å². The first-order chi connectivity index (χ1) is 15.4. The average Bonchev–Trinajstić information content (AvgIpc) is 2.75. The van der Waals surface area contributed by atoms with Crippen molar-refractivity contribution in [1.29, 1.82) is 0 Å². The van der Waals surface area contributed by atoms with Crippen LogP contribution in [0.5, 0.6) is 0 Å². The summed E-state index contributed by atoms with van der Waals surface area (Å²) in [4.78, 5) is 14.2. The quantitative estimate of drug-likeness (QED) is 0.112. The number of hydrogen-bond acceptors (Lipinski definition) is 4. The molecule has 1 aromatic rings. The molecular weight excluding hydrogens is 424 g/mol. The van der Waals surface area contributed by atoms with Crippen LogP contribution in [-0.2, 0) is 28.0 Å². The molecule has 0 aliphatic heterocycles.